The minimum atomic E-state index is -0.824. The van der Waals surface area contributed by atoms with Crippen molar-refractivity contribution >= 4 is 52.1 Å². The van der Waals surface area contributed by atoms with E-state index in [-0.39, 0.29) is 60.0 Å². The van der Waals surface area contributed by atoms with Crippen molar-refractivity contribution in [2.24, 2.45) is 0 Å². The molecular weight excluding hydrogens is 632 g/mol. The molecule has 2 aromatic carbocycles. The number of halogens is 1. The largest absolute Gasteiger partial charge is 0.494 e. The monoisotopic (exact) mass is 672 g/mol. The number of carbonyl (C=O) groups excluding carboxylic acids is 4. The number of ketones is 1. The summed E-state index contributed by atoms with van der Waals surface area (Å²) in [5, 5.41) is 11.4. The fourth-order valence-electron chi connectivity index (χ4n) is 5.59. The van der Waals surface area contributed by atoms with Gasteiger partial charge in [-0.3, -0.25) is 24.7 Å². The van der Waals surface area contributed by atoms with Crippen molar-refractivity contribution in [3.05, 3.63) is 52.1 Å². The molecular formula is C32H41BrN4O7. The quantitative estimate of drug-likeness (QED) is 0.280. The minimum absolute atomic E-state index is 0. The SMILES string of the molecule is Br.CCOC(=O)C1CCC(=O)N1c1cc(C(=O)CN2Cc3cc(OCC)c(C(=O)NC)cc3C2=N)cc(C(C)(C)C)c1OC. The molecule has 2 aliphatic rings. The number of hydrogen-bond acceptors (Lipinski definition) is 8. The summed E-state index contributed by atoms with van der Waals surface area (Å²) in [7, 11) is 3.03. The summed E-state index contributed by atoms with van der Waals surface area (Å²) in [6.45, 7) is 10.2. The Labute approximate surface area is 268 Å². The number of ether oxygens (including phenoxy) is 3. The molecule has 2 amide bonds. The first kappa shape index (κ1) is 34.6. The van der Waals surface area contributed by atoms with Gasteiger partial charge in [-0.25, -0.2) is 4.79 Å². The van der Waals surface area contributed by atoms with E-state index in [0.717, 1.165) is 5.56 Å². The van der Waals surface area contributed by atoms with Gasteiger partial charge >= 0.3 is 5.97 Å². The fourth-order valence-corrected chi connectivity index (χ4v) is 5.59. The van der Waals surface area contributed by atoms with Gasteiger partial charge < -0.3 is 24.4 Å². The summed E-state index contributed by atoms with van der Waals surface area (Å²) in [5.41, 5.74) is 2.56. The zero-order valence-electron chi connectivity index (χ0n) is 26.3. The van der Waals surface area contributed by atoms with Crippen molar-refractivity contribution in [2.75, 3.05) is 38.8 Å². The molecule has 11 nitrogen and oxygen atoms in total. The lowest BCUT2D eigenvalue weighted by Gasteiger charge is -2.30. The first-order chi connectivity index (χ1) is 20.4. The van der Waals surface area contributed by atoms with E-state index in [1.807, 2.05) is 27.7 Å². The predicted octanol–water partition coefficient (Wildman–Crippen LogP) is 4.41. The van der Waals surface area contributed by atoms with Gasteiger partial charge in [0.2, 0.25) is 5.91 Å². The topological polar surface area (TPSA) is 138 Å². The van der Waals surface area contributed by atoms with Crippen LogP contribution in [0.3, 0.4) is 0 Å². The van der Waals surface area contributed by atoms with Crippen molar-refractivity contribution in [3.8, 4) is 11.5 Å². The van der Waals surface area contributed by atoms with Crippen LogP contribution in [0.5, 0.6) is 11.5 Å². The molecule has 0 spiro atoms. The Hall–Kier alpha value is -3.93. The Kier molecular flexibility index (Phi) is 10.8. The third-order valence-corrected chi connectivity index (χ3v) is 7.68. The number of fused-ring (bicyclic) bond motifs is 1. The fraction of sp³-hybridized carbons (Fsp3) is 0.469. The highest BCUT2D eigenvalue weighted by Crippen LogP contribution is 2.43. The van der Waals surface area contributed by atoms with Crippen molar-refractivity contribution in [1.29, 1.82) is 5.41 Å². The molecule has 2 heterocycles. The molecule has 0 saturated carbocycles. The van der Waals surface area contributed by atoms with Crippen LogP contribution in [0, 0.1) is 5.41 Å². The zero-order chi connectivity index (χ0) is 31.6. The molecule has 12 heteroatoms. The highest BCUT2D eigenvalue weighted by atomic mass is 79.9. The van der Waals surface area contributed by atoms with Crippen molar-refractivity contribution < 1.29 is 33.4 Å². The average molecular weight is 674 g/mol. The number of benzene rings is 2. The molecule has 1 fully saturated rings. The summed E-state index contributed by atoms with van der Waals surface area (Å²) in [6.07, 6.45) is 0.468. The summed E-state index contributed by atoms with van der Waals surface area (Å²) in [5.74, 6) is -0.402. The van der Waals surface area contributed by atoms with Crippen LogP contribution in [-0.2, 0) is 26.3 Å². The first-order valence-electron chi connectivity index (χ1n) is 14.5. The van der Waals surface area contributed by atoms with Crippen LogP contribution in [-0.4, -0.2) is 74.3 Å². The van der Waals surface area contributed by atoms with E-state index in [1.165, 1.54) is 19.1 Å². The van der Waals surface area contributed by atoms with Crippen LogP contribution in [0.1, 0.15) is 84.9 Å². The van der Waals surface area contributed by atoms with Crippen molar-refractivity contribution in [2.45, 2.75) is 65.5 Å². The number of esters is 1. The Morgan fingerprint density at radius 2 is 1.80 bits per heavy atom. The molecule has 44 heavy (non-hydrogen) atoms. The Balaban J connectivity index is 0.00000529. The number of Topliss-reactive ketones (excluding diaryl/α,β-unsaturated/α-hetero) is 1. The van der Waals surface area contributed by atoms with E-state index in [2.05, 4.69) is 5.32 Å². The maximum Gasteiger partial charge on any atom is 0.329 e. The van der Waals surface area contributed by atoms with Gasteiger partial charge in [-0.1, -0.05) is 20.8 Å². The normalized spacial score (nSPS) is 15.9. The van der Waals surface area contributed by atoms with Gasteiger partial charge in [-0.05, 0) is 55.5 Å². The van der Waals surface area contributed by atoms with E-state index >= 15 is 0 Å². The van der Waals surface area contributed by atoms with E-state index in [9.17, 15) is 19.2 Å². The molecule has 1 atom stereocenters. The number of methoxy groups -OCH3 is 1. The van der Waals surface area contributed by atoms with E-state index in [4.69, 9.17) is 19.6 Å². The van der Waals surface area contributed by atoms with Crippen LogP contribution in [0.15, 0.2) is 24.3 Å². The van der Waals surface area contributed by atoms with Crippen LogP contribution in [0.2, 0.25) is 0 Å². The molecule has 0 aliphatic carbocycles. The number of nitrogens with zero attached hydrogens (tertiary/aromatic N) is 2. The first-order valence-corrected chi connectivity index (χ1v) is 14.5. The average Bonchev–Trinajstić information content (AvgIpc) is 3.49. The van der Waals surface area contributed by atoms with Gasteiger partial charge in [0.15, 0.2) is 5.78 Å². The van der Waals surface area contributed by atoms with Gasteiger partial charge in [0, 0.05) is 36.7 Å². The van der Waals surface area contributed by atoms with Gasteiger partial charge in [0.05, 0.1) is 38.1 Å². The second-order valence-corrected chi connectivity index (χ2v) is 11.5. The molecule has 2 aromatic rings. The molecule has 0 radical (unpaired) electrons. The Morgan fingerprint density at radius 1 is 1.09 bits per heavy atom. The van der Waals surface area contributed by atoms with Crippen molar-refractivity contribution in [1.82, 2.24) is 10.2 Å². The standard InChI is InChI=1S/C32H40N4O7.BrH/c1-8-42-26-14-19-16-35(29(33)20(19)15-21(26)30(39)34-6)17-25(37)18-12-22(32(3,4)5)28(41-7)24(13-18)36-23(10-11-27(36)38)31(40)43-9-2;/h12-15,23,33H,8-11,16-17H2,1-7H3,(H,34,39);1H. The molecule has 2 aliphatic heterocycles. The van der Waals surface area contributed by atoms with Crippen LogP contribution < -0.4 is 19.7 Å². The van der Waals surface area contributed by atoms with Gasteiger partial charge in [0.25, 0.3) is 5.91 Å². The minimum Gasteiger partial charge on any atom is -0.494 e. The molecule has 0 aromatic heterocycles. The number of hydrogen-bond donors (Lipinski definition) is 2. The summed E-state index contributed by atoms with van der Waals surface area (Å²) >= 11 is 0. The molecule has 0 bridgehead atoms. The lowest BCUT2D eigenvalue weighted by atomic mass is 9.84. The summed E-state index contributed by atoms with van der Waals surface area (Å²) in [6, 6.07) is 5.91. The molecule has 2 N–H and O–H groups in total. The summed E-state index contributed by atoms with van der Waals surface area (Å²) in [4.78, 5) is 55.3. The van der Waals surface area contributed by atoms with Gasteiger partial charge in [0.1, 0.15) is 23.4 Å². The lowest BCUT2D eigenvalue weighted by Crippen LogP contribution is -2.40. The number of rotatable bonds is 10. The van der Waals surface area contributed by atoms with Gasteiger partial charge in [-0.2, -0.15) is 0 Å². The maximum absolute atomic E-state index is 13.9. The highest BCUT2D eigenvalue weighted by Gasteiger charge is 2.41. The second kappa shape index (κ2) is 13.8. The smallest absolute Gasteiger partial charge is 0.329 e. The number of amides is 2. The number of nitrogens with one attached hydrogen (secondary N) is 2. The van der Waals surface area contributed by atoms with E-state index < -0.39 is 17.4 Å². The second-order valence-electron chi connectivity index (χ2n) is 11.5. The molecule has 238 valence electrons. The summed E-state index contributed by atoms with van der Waals surface area (Å²) < 4.78 is 16.7. The van der Waals surface area contributed by atoms with E-state index in [0.29, 0.717) is 59.0 Å². The van der Waals surface area contributed by atoms with Crippen LogP contribution in [0.4, 0.5) is 5.69 Å². The van der Waals surface area contributed by atoms with Crippen LogP contribution in [0.25, 0.3) is 0 Å². The van der Waals surface area contributed by atoms with E-state index in [1.54, 1.807) is 36.1 Å². The predicted molar refractivity (Wildman–Crippen MR) is 172 cm³/mol. The highest BCUT2D eigenvalue weighted by molar-refractivity contribution is 8.93. The zero-order valence-corrected chi connectivity index (χ0v) is 28.0. The molecule has 1 saturated heterocycles. The molecule has 1 unspecified atom stereocenters. The third-order valence-electron chi connectivity index (χ3n) is 7.68. The lowest BCUT2D eigenvalue weighted by molar-refractivity contribution is -0.144. The third kappa shape index (κ3) is 6.59. The maximum atomic E-state index is 13.9. The number of anilines is 1. The van der Waals surface area contributed by atoms with Crippen LogP contribution >= 0.6 is 17.0 Å². The number of carbonyl (C=O) groups is 4. The number of amidine groups is 1. The Bertz CT molecular complexity index is 1480. The Morgan fingerprint density at radius 3 is 2.39 bits per heavy atom. The molecule has 4 rings (SSSR count). The van der Waals surface area contributed by atoms with Crippen molar-refractivity contribution in [3.63, 3.8) is 0 Å². The van der Waals surface area contributed by atoms with Gasteiger partial charge in [-0.15, -0.1) is 17.0 Å².